The van der Waals surface area contributed by atoms with Crippen molar-refractivity contribution in [2.24, 2.45) is 5.41 Å². The molecule has 4 atom stereocenters. The Labute approximate surface area is 220 Å². The summed E-state index contributed by atoms with van der Waals surface area (Å²) in [6.45, 7) is 8.09. The zero-order valence-electron chi connectivity index (χ0n) is 22.2. The lowest BCUT2D eigenvalue weighted by Crippen LogP contribution is -2.42. The number of benzene rings is 2. The highest BCUT2D eigenvalue weighted by Crippen LogP contribution is 2.47. The van der Waals surface area contributed by atoms with E-state index in [1.807, 2.05) is 13.0 Å². The molecule has 2 aromatic carbocycles. The lowest BCUT2D eigenvalue weighted by molar-refractivity contribution is -0.159. The van der Waals surface area contributed by atoms with Crippen LogP contribution in [0.3, 0.4) is 0 Å². The number of aliphatic hydroxyl groups excluding tert-OH is 1. The summed E-state index contributed by atoms with van der Waals surface area (Å²) in [5.74, 6) is -0.359. The molecule has 2 aromatic rings. The molecule has 2 heterocycles. The number of alkyl halides is 3. The maximum Gasteiger partial charge on any atom is 0.416 e. The molecular weight excluding hydrogens is 503 g/mol. The van der Waals surface area contributed by atoms with E-state index in [4.69, 9.17) is 18.9 Å². The first-order valence-corrected chi connectivity index (χ1v) is 12.5. The molecule has 0 aliphatic carbocycles. The van der Waals surface area contributed by atoms with Crippen LogP contribution in [0.1, 0.15) is 50.3 Å². The van der Waals surface area contributed by atoms with Gasteiger partial charge in [-0.15, -0.1) is 0 Å². The van der Waals surface area contributed by atoms with Crippen LogP contribution in [0.4, 0.5) is 13.2 Å². The standard InChI is InChI=1S/C28H34F3NO6/c1-17(33)27(4)16-32(25(34)24-15-37-26(2,3)38-24)13-21(27)19-8-11-22(35-5)23(12-19)36-14-18-6-9-20(10-7-18)28(29,30)31/h6-12,17,21,24,33H,13-16H2,1-5H3/t17-,21+,24-,27+/m1/s1. The van der Waals surface area contributed by atoms with Crippen molar-refractivity contribution in [1.82, 2.24) is 4.90 Å². The lowest BCUT2D eigenvalue weighted by Gasteiger charge is -2.34. The van der Waals surface area contributed by atoms with Gasteiger partial charge in [0, 0.05) is 24.4 Å². The monoisotopic (exact) mass is 537 g/mol. The fraction of sp³-hybridized carbons (Fsp3) is 0.536. The molecule has 2 aliphatic rings. The first kappa shape index (κ1) is 28.2. The number of hydrogen-bond donors (Lipinski definition) is 1. The maximum atomic E-state index is 13.3. The first-order chi connectivity index (χ1) is 17.7. The molecule has 0 bridgehead atoms. The second-order valence-corrected chi connectivity index (χ2v) is 10.7. The molecule has 2 fully saturated rings. The Hall–Kier alpha value is -2.82. The molecule has 2 saturated heterocycles. The molecule has 0 saturated carbocycles. The van der Waals surface area contributed by atoms with E-state index in [2.05, 4.69) is 0 Å². The Morgan fingerprint density at radius 2 is 1.84 bits per heavy atom. The van der Waals surface area contributed by atoms with E-state index < -0.39 is 35.1 Å². The second-order valence-electron chi connectivity index (χ2n) is 10.7. The molecular formula is C28H34F3NO6. The highest BCUT2D eigenvalue weighted by Gasteiger charge is 2.50. The van der Waals surface area contributed by atoms with Gasteiger partial charge in [-0.25, -0.2) is 0 Å². The summed E-state index contributed by atoms with van der Waals surface area (Å²) in [7, 11) is 1.50. The molecule has 208 valence electrons. The number of ether oxygens (including phenoxy) is 4. The third kappa shape index (κ3) is 5.77. The Kier molecular flexibility index (Phi) is 7.71. The summed E-state index contributed by atoms with van der Waals surface area (Å²) < 4.78 is 61.4. The van der Waals surface area contributed by atoms with E-state index in [0.29, 0.717) is 30.2 Å². The Balaban J connectivity index is 1.55. The summed E-state index contributed by atoms with van der Waals surface area (Å²) in [6, 6.07) is 10.2. The summed E-state index contributed by atoms with van der Waals surface area (Å²) in [5.41, 5.74) is 0.0374. The molecule has 38 heavy (non-hydrogen) atoms. The molecule has 0 unspecified atom stereocenters. The van der Waals surface area contributed by atoms with Gasteiger partial charge in [-0.3, -0.25) is 4.79 Å². The van der Waals surface area contributed by atoms with E-state index in [9.17, 15) is 23.1 Å². The van der Waals surface area contributed by atoms with Gasteiger partial charge in [0.25, 0.3) is 5.91 Å². The molecule has 0 spiro atoms. The number of halogens is 3. The molecule has 7 nitrogen and oxygen atoms in total. The van der Waals surface area contributed by atoms with Gasteiger partial charge >= 0.3 is 6.18 Å². The molecule has 1 amide bonds. The summed E-state index contributed by atoms with van der Waals surface area (Å²) in [5, 5.41) is 10.8. The van der Waals surface area contributed by atoms with E-state index in [0.717, 1.165) is 17.7 Å². The SMILES string of the molecule is COc1ccc([C@@H]2CN(C(=O)[C@H]3COC(C)(C)O3)C[C@@]2(C)[C@@H](C)O)cc1OCc1ccc(C(F)(F)F)cc1. The summed E-state index contributed by atoms with van der Waals surface area (Å²) in [6.07, 6.45) is -5.83. The number of carbonyl (C=O) groups is 1. The van der Waals surface area contributed by atoms with Crippen molar-refractivity contribution in [1.29, 1.82) is 0 Å². The average Bonchev–Trinajstić information content (AvgIpc) is 3.42. The van der Waals surface area contributed by atoms with Gasteiger partial charge in [0.15, 0.2) is 23.4 Å². The van der Waals surface area contributed by atoms with Crippen LogP contribution in [-0.2, 0) is 27.1 Å². The number of rotatable bonds is 7. The van der Waals surface area contributed by atoms with Crippen molar-refractivity contribution in [2.45, 2.75) is 64.4 Å². The largest absolute Gasteiger partial charge is 0.493 e. The highest BCUT2D eigenvalue weighted by atomic mass is 19.4. The second kappa shape index (κ2) is 10.4. The number of likely N-dealkylation sites (tertiary alicyclic amines) is 1. The van der Waals surface area contributed by atoms with Gasteiger partial charge in [-0.1, -0.05) is 25.1 Å². The zero-order chi connectivity index (χ0) is 27.9. The third-order valence-electron chi connectivity index (χ3n) is 7.55. The zero-order valence-corrected chi connectivity index (χ0v) is 22.2. The maximum absolute atomic E-state index is 13.3. The van der Waals surface area contributed by atoms with Crippen molar-refractivity contribution < 1.29 is 42.0 Å². The number of nitrogens with zero attached hydrogens (tertiary/aromatic N) is 1. The van der Waals surface area contributed by atoms with Gasteiger partial charge in [0.2, 0.25) is 0 Å². The van der Waals surface area contributed by atoms with E-state index in [-0.39, 0.29) is 25.0 Å². The van der Waals surface area contributed by atoms with Crippen LogP contribution >= 0.6 is 0 Å². The minimum absolute atomic E-state index is 0.0374. The van der Waals surface area contributed by atoms with Crippen molar-refractivity contribution in [3.63, 3.8) is 0 Å². The molecule has 4 rings (SSSR count). The van der Waals surface area contributed by atoms with Gasteiger partial charge < -0.3 is 29.0 Å². The predicted molar refractivity (Wildman–Crippen MR) is 133 cm³/mol. The summed E-state index contributed by atoms with van der Waals surface area (Å²) >= 11 is 0. The number of amides is 1. The van der Waals surface area contributed by atoms with Crippen molar-refractivity contribution in [2.75, 3.05) is 26.8 Å². The minimum Gasteiger partial charge on any atom is -0.493 e. The van der Waals surface area contributed by atoms with Crippen LogP contribution < -0.4 is 9.47 Å². The van der Waals surface area contributed by atoms with Crippen molar-refractivity contribution in [3.8, 4) is 11.5 Å². The van der Waals surface area contributed by atoms with Gasteiger partial charge in [-0.2, -0.15) is 13.2 Å². The number of hydrogen-bond acceptors (Lipinski definition) is 6. The van der Waals surface area contributed by atoms with Crippen molar-refractivity contribution in [3.05, 3.63) is 59.2 Å². The first-order valence-electron chi connectivity index (χ1n) is 12.5. The topological polar surface area (TPSA) is 77.5 Å². The Bertz CT molecular complexity index is 1150. The smallest absolute Gasteiger partial charge is 0.416 e. The Morgan fingerprint density at radius 3 is 2.39 bits per heavy atom. The average molecular weight is 538 g/mol. The fourth-order valence-electron chi connectivity index (χ4n) is 5.08. The lowest BCUT2D eigenvalue weighted by atomic mass is 9.72. The predicted octanol–water partition coefficient (Wildman–Crippen LogP) is 4.76. The van der Waals surface area contributed by atoms with E-state index in [1.54, 1.807) is 37.8 Å². The van der Waals surface area contributed by atoms with Crippen molar-refractivity contribution >= 4 is 5.91 Å². The van der Waals surface area contributed by atoms with Crippen LogP contribution in [0, 0.1) is 5.41 Å². The van der Waals surface area contributed by atoms with E-state index in [1.165, 1.54) is 19.2 Å². The highest BCUT2D eigenvalue weighted by molar-refractivity contribution is 5.82. The van der Waals surface area contributed by atoms with Gasteiger partial charge in [0.05, 0.1) is 25.4 Å². The van der Waals surface area contributed by atoms with Crippen LogP contribution in [0.15, 0.2) is 42.5 Å². The van der Waals surface area contributed by atoms with E-state index >= 15 is 0 Å². The van der Waals surface area contributed by atoms with Crippen LogP contribution in [-0.4, -0.2) is 60.7 Å². The molecule has 1 N–H and O–H groups in total. The molecule has 0 aromatic heterocycles. The van der Waals surface area contributed by atoms with Crippen LogP contribution in [0.2, 0.25) is 0 Å². The minimum atomic E-state index is -4.41. The Morgan fingerprint density at radius 1 is 1.16 bits per heavy atom. The third-order valence-corrected chi connectivity index (χ3v) is 7.55. The molecule has 2 aliphatic heterocycles. The fourth-order valence-corrected chi connectivity index (χ4v) is 5.08. The number of aliphatic hydroxyl groups is 1. The molecule has 10 heteroatoms. The number of methoxy groups -OCH3 is 1. The van der Waals surface area contributed by atoms with Crippen LogP contribution in [0.25, 0.3) is 0 Å². The summed E-state index contributed by atoms with van der Waals surface area (Å²) in [4.78, 5) is 15.0. The molecule has 0 radical (unpaired) electrons. The quantitative estimate of drug-likeness (QED) is 0.549. The van der Waals surface area contributed by atoms with Gasteiger partial charge in [0.1, 0.15) is 6.61 Å². The number of carbonyl (C=O) groups excluding carboxylic acids is 1. The van der Waals surface area contributed by atoms with Gasteiger partial charge in [-0.05, 0) is 56.2 Å². The van der Waals surface area contributed by atoms with Crippen LogP contribution in [0.5, 0.6) is 11.5 Å². The normalized spacial score (nSPS) is 25.9.